The van der Waals surface area contributed by atoms with Gasteiger partial charge in [0.25, 0.3) is 50.9 Å². The number of alkyl halides is 1. The Morgan fingerprint density at radius 2 is 0.591 bits per heavy atom. The predicted octanol–water partition coefficient (Wildman–Crippen LogP) is 7.66. The fraction of sp³-hybridized carbons (Fsp3) is 0.329. The van der Waals surface area contributed by atoms with Gasteiger partial charge in [-0.05, 0) is 128 Å². The van der Waals surface area contributed by atoms with Crippen molar-refractivity contribution in [1.82, 2.24) is 27.8 Å². The fourth-order valence-corrected chi connectivity index (χ4v) is 16.1. The Hall–Kier alpha value is -5.86. The number of nitrogens with zero attached hydrogens (tertiary/aromatic N) is 5. The Bertz CT molecular complexity index is 5710. The van der Waals surface area contributed by atoms with Crippen molar-refractivity contribution in [3.63, 3.8) is 0 Å². The molecule has 0 amide bonds. The summed E-state index contributed by atoms with van der Waals surface area (Å²) in [7, 11) is 0. The molecule has 0 unspecified atom stereocenters. The number of aromatic nitrogens is 6. The molecule has 6 heterocycles. The minimum Gasteiger partial charge on any atom is -1.00 e. The van der Waals surface area contributed by atoms with E-state index in [0.717, 1.165) is 92.0 Å². The number of aryl methyl sites for hydroxylation is 1. The van der Waals surface area contributed by atoms with Gasteiger partial charge in [0.1, 0.15) is 0 Å². The van der Waals surface area contributed by atoms with E-state index in [0.29, 0.717) is 123 Å². The standard InChI is InChI=1S/C36H33N3O4.C34H29N3O4.C2H5Br.CH2O3.2K.H/c1-6-17(7-2)38-33(40)21-13-11-19-20-12-14-22-28-24(36(43)39(34(22)41)18(8-3)9-4)16-26-32(30(20)28)31-25(37(26)10-5)15-23(35(38)42)27(21)29(19)31;1-5-15(6-2)36-31(38)19-11-9-17-18-10-12-20-26-22(34(41)37(32(20)39)16(7-3)8-4)14-24-30(28(18)26)29-23(35-24)13-21(33(36)40)25(19)27(17)29;1-2-3;2-1-4-3;;;/h11-18H,6-10H2,1-5H3;9-16,35H,5-8H2,1-4H3;2H2,1H3;1,3H;;;/q;;;;2*+1;-1/p-1. The van der Waals surface area contributed by atoms with Crippen LogP contribution in [0, 0.1) is 0 Å². The fourth-order valence-electron chi connectivity index (χ4n) is 16.1. The average molecular weight is 1360 g/mol. The van der Waals surface area contributed by atoms with Gasteiger partial charge in [-0.2, -0.15) is 0 Å². The first-order valence-electron chi connectivity index (χ1n) is 31.9. The van der Waals surface area contributed by atoms with Crippen molar-refractivity contribution in [2.24, 2.45) is 0 Å². The molecule has 0 bridgehead atoms. The zero-order chi connectivity index (χ0) is 64.7. The number of hydrogen-bond donors (Lipinski definition) is 1. The summed E-state index contributed by atoms with van der Waals surface area (Å²) in [6.45, 7) is 20.6. The van der Waals surface area contributed by atoms with Crippen molar-refractivity contribution in [2.45, 2.75) is 151 Å². The molecule has 0 fully saturated rings. The van der Waals surface area contributed by atoms with Crippen LogP contribution in [-0.2, 0) is 16.2 Å². The summed E-state index contributed by atoms with van der Waals surface area (Å²) in [6.07, 6.45) is 5.54. The van der Waals surface area contributed by atoms with Crippen molar-refractivity contribution in [2.75, 3.05) is 5.33 Å². The van der Waals surface area contributed by atoms with Crippen LogP contribution in [0.25, 0.3) is 151 Å². The predicted molar refractivity (Wildman–Crippen MR) is 374 cm³/mol. The van der Waals surface area contributed by atoms with Crippen LogP contribution in [0.3, 0.4) is 0 Å². The van der Waals surface area contributed by atoms with Crippen LogP contribution in [0.2, 0.25) is 0 Å². The maximum Gasteiger partial charge on any atom is 1.00 e. The Morgan fingerprint density at radius 1 is 0.376 bits per heavy atom. The minimum absolute atomic E-state index is 0. The zero-order valence-electron chi connectivity index (χ0n) is 55.5. The number of carbonyl (C=O) groups is 1. The van der Waals surface area contributed by atoms with Gasteiger partial charge in [-0.1, -0.05) is 103 Å². The number of halogens is 1. The second-order valence-electron chi connectivity index (χ2n) is 24.1. The van der Waals surface area contributed by atoms with Crippen LogP contribution in [0.15, 0.2) is 111 Å². The normalized spacial score (nSPS) is 12.3. The van der Waals surface area contributed by atoms with Gasteiger partial charge in [-0.25, -0.2) is 0 Å². The van der Waals surface area contributed by atoms with Gasteiger partial charge < -0.3 is 21.1 Å². The van der Waals surface area contributed by atoms with Crippen molar-refractivity contribution in [1.29, 1.82) is 0 Å². The number of nitrogens with one attached hydrogen (secondary N) is 1. The maximum atomic E-state index is 14.1. The van der Waals surface area contributed by atoms with E-state index in [1.807, 2.05) is 135 Å². The molecule has 93 heavy (non-hydrogen) atoms. The zero-order valence-corrected chi connectivity index (χ0v) is 62.3. The van der Waals surface area contributed by atoms with Crippen LogP contribution in [0.1, 0.15) is 146 Å². The van der Waals surface area contributed by atoms with E-state index in [2.05, 4.69) is 37.3 Å². The summed E-state index contributed by atoms with van der Waals surface area (Å²) < 4.78 is 7.98. The van der Waals surface area contributed by atoms with Gasteiger partial charge in [-0.3, -0.25) is 61.4 Å². The van der Waals surface area contributed by atoms with E-state index in [1.165, 1.54) is 18.3 Å². The third-order valence-electron chi connectivity index (χ3n) is 20.2. The molecule has 16 aromatic rings. The van der Waals surface area contributed by atoms with Crippen LogP contribution in [0.4, 0.5) is 0 Å². The maximum absolute atomic E-state index is 14.1. The van der Waals surface area contributed by atoms with E-state index in [-0.39, 0.29) is 179 Å². The van der Waals surface area contributed by atoms with Gasteiger partial charge >= 0.3 is 103 Å². The molecule has 0 saturated heterocycles. The molecule has 0 saturated carbocycles. The molecular weight excluding hydrogens is 1290 g/mol. The Kier molecular flexibility index (Phi) is 19.4. The van der Waals surface area contributed by atoms with E-state index in [4.69, 9.17) is 10.1 Å². The monoisotopic (exact) mass is 1360 g/mol. The first-order valence-corrected chi connectivity index (χ1v) is 33.0. The van der Waals surface area contributed by atoms with E-state index in [9.17, 15) is 38.4 Å². The molecule has 10 aromatic carbocycles. The third kappa shape index (κ3) is 9.52. The number of benzene rings is 10. The minimum atomic E-state index is -0.264. The summed E-state index contributed by atoms with van der Waals surface area (Å²) >= 11 is 3.15. The number of aromatic amines is 1. The SMILES string of the molecule is CCBr.CCC(CC)n1c(=O)c2ccc3c4ccc5c(=O)n(C(CC)CC)c(=O)c6cc7[nH]c8cc(c1=O)c2c3c8c7c4c56.CCC(CC)n1c(=O)c2ccc3c4ccc5c(=O)n(C(CC)CC)c(=O)c6cc7c(c4c56)c4c3c2c(cc4n7CC)c1=O.O=CO[O-].[H-].[K+].[K+]. The second-order valence-corrected chi connectivity index (χ2v) is 25.2. The first-order chi connectivity index (χ1) is 44.0. The van der Waals surface area contributed by atoms with Crippen molar-refractivity contribution in [3.05, 3.63) is 156 Å². The summed E-state index contributed by atoms with van der Waals surface area (Å²) in [5.41, 5.74) is 1.41. The van der Waals surface area contributed by atoms with Crippen molar-refractivity contribution < 1.29 is 119 Å². The molecule has 0 spiro atoms. The first kappa shape index (κ1) is 68.5. The molecule has 16 rings (SSSR count). The number of carbonyl (C=O) groups excluding carboxylic acids is 1. The molecule has 0 aliphatic heterocycles. The molecule has 6 aromatic heterocycles. The molecular formula is C73H69BrK2N6O11. The van der Waals surface area contributed by atoms with Crippen LogP contribution in [0.5, 0.6) is 0 Å². The molecule has 20 heteroatoms. The molecule has 0 aliphatic rings. The van der Waals surface area contributed by atoms with Crippen LogP contribution in [-0.4, -0.2) is 39.6 Å². The number of rotatable bonds is 14. The topological polar surface area (TPSA) is 226 Å². The summed E-state index contributed by atoms with van der Waals surface area (Å²) in [5, 5.41) is 27.8. The molecule has 17 nitrogen and oxygen atoms in total. The molecule has 0 aliphatic carbocycles. The largest absolute Gasteiger partial charge is 1.00 e. The van der Waals surface area contributed by atoms with Gasteiger partial charge in [0.05, 0.1) is 32.6 Å². The smallest absolute Gasteiger partial charge is 1.00 e. The molecule has 1 N–H and O–H groups in total. The number of pyridine rings is 4. The van der Waals surface area contributed by atoms with Gasteiger partial charge in [-0.15, -0.1) is 0 Å². The number of H-pyrrole nitrogens is 1. The summed E-state index contributed by atoms with van der Waals surface area (Å²) in [6, 6.07) is 22.3. The summed E-state index contributed by atoms with van der Waals surface area (Å²) in [4.78, 5) is 126. The Balaban J connectivity index is 0.000000182. The number of fused-ring (bicyclic) bond motifs is 2. The van der Waals surface area contributed by atoms with E-state index >= 15 is 0 Å². The van der Waals surface area contributed by atoms with E-state index < -0.39 is 0 Å². The second kappa shape index (κ2) is 26.3. The third-order valence-corrected chi connectivity index (χ3v) is 20.2. The van der Waals surface area contributed by atoms with Gasteiger partial charge in [0.15, 0.2) is 0 Å². The molecule has 466 valence electrons. The summed E-state index contributed by atoms with van der Waals surface area (Å²) in [5.74, 6) is 0. The molecule has 0 radical (unpaired) electrons. The van der Waals surface area contributed by atoms with Gasteiger partial charge in [0, 0.05) is 133 Å². The average Bonchev–Trinajstić information content (AvgIpc) is 1.39. The Morgan fingerprint density at radius 3 is 0.817 bits per heavy atom. The Labute approximate surface area is 625 Å². The van der Waals surface area contributed by atoms with Gasteiger partial charge in [0.2, 0.25) is 0 Å². The van der Waals surface area contributed by atoms with Crippen molar-refractivity contribution in [3.8, 4) is 0 Å². The van der Waals surface area contributed by atoms with Crippen LogP contribution < -0.4 is 153 Å². The van der Waals surface area contributed by atoms with E-state index in [1.54, 1.807) is 0 Å². The van der Waals surface area contributed by atoms with Crippen LogP contribution >= 0.6 is 15.9 Å². The number of hydrogen-bond acceptors (Lipinski definition) is 11. The molecule has 0 atom stereocenters. The quantitative estimate of drug-likeness (QED) is 0.0212. The van der Waals surface area contributed by atoms with Crippen molar-refractivity contribution >= 4 is 174 Å².